The molecule has 3 aromatic rings. The lowest BCUT2D eigenvalue weighted by atomic mass is 10.1. The Morgan fingerprint density at radius 1 is 1.25 bits per heavy atom. The largest absolute Gasteiger partial charge is 0.375 e. The van der Waals surface area contributed by atoms with Gasteiger partial charge in [-0.15, -0.1) is 0 Å². The average Bonchev–Trinajstić information content (AvgIpc) is 3.37. The van der Waals surface area contributed by atoms with Crippen LogP contribution in [0.4, 0.5) is 11.4 Å². The van der Waals surface area contributed by atoms with Gasteiger partial charge in [-0.2, -0.15) is 0 Å². The summed E-state index contributed by atoms with van der Waals surface area (Å²) in [5.41, 5.74) is 2.41. The molecule has 2 heterocycles. The number of amides is 1. The number of rotatable bonds is 5. The fraction of sp³-hybridized carbons (Fsp3) is 0.300. The van der Waals surface area contributed by atoms with Gasteiger partial charge in [-0.05, 0) is 44.0 Å². The molecule has 0 radical (unpaired) electrons. The van der Waals surface area contributed by atoms with Gasteiger partial charge in [-0.3, -0.25) is 14.9 Å². The molecule has 28 heavy (non-hydrogen) atoms. The number of benzene rings is 2. The van der Waals surface area contributed by atoms with Gasteiger partial charge in [0, 0.05) is 24.8 Å². The first-order valence-corrected chi connectivity index (χ1v) is 9.32. The van der Waals surface area contributed by atoms with Crippen molar-refractivity contribution in [2.75, 3.05) is 18.4 Å². The number of fused-ring (bicyclic) bond motifs is 1. The summed E-state index contributed by atoms with van der Waals surface area (Å²) in [6.07, 6.45) is 1.86. The third kappa shape index (κ3) is 3.40. The Morgan fingerprint density at radius 2 is 2.00 bits per heavy atom. The van der Waals surface area contributed by atoms with E-state index in [0.29, 0.717) is 18.8 Å². The minimum Gasteiger partial charge on any atom is -0.375 e. The van der Waals surface area contributed by atoms with Crippen LogP contribution in [-0.4, -0.2) is 38.8 Å². The van der Waals surface area contributed by atoms with Crippen LogP contribution in [0.15, 0.2) is 42.5 Å². The molecule has 0 spiro atoms. The van der Waals surface area contributed by atoms with E-state index in [4.69, 9.17) is 0 Å². The maximum atomic E-state index is 12.8. The van der Waals surface area contributed by atoms with Crippen LogP contribution in [-0.2, 0) is 0 Å². The van der Waals surface area contributed by atoms with Crippen molar-refractivity contribution >= 4 is 28.3 Å². The molecule has 144 valence electrons. The van der Waals surface area contributed by atoms with E-state index in [1.807, 2.05) is 31.2 Å². The van der Waals surface area contributed by atoms with E-state index in [9.17, 15) is 14.9 Å². The molecule has 2 N–H and O–H groups in total. The number of carbonyl (C=O) groups is 1. The second kappa shape index (κ2) is 7.30. The van der Waals surface area contributed by atoms with E-state index in [-0.39, 0.29) is 23.2 Å². The minimum atomic E-state index is -0.504. The summed E-state index contributed by atoms with van der Waals surface area (Å²) in [6.45, 7) is 3.23. The molecule has 1 unspecified atom stereocenters. The number of hydrogen-bond acceptors (Lipinski definition) is 5. The molecule has 2 aromatic carbocycles. The zero-order chi connectivity index (χ0) is 19.7. The Morgan fingerprint density at radius 3 is 2.71 bits per heavy atom. The van der Waals surface area contributed by atoms with Crippen molar-refractivity contribution in [1.82, 2.24) is 14.9 Å². The number of nitro groups is 1. The van der Waals surface area contributed by atoms with Gasteiger partial charge in [0.05, 0.1) is 22.0 Å². The van der Waals surface area contributed by atoms with Crippen molar-refractivity contribution in [1.29, 1.82) is 0 Å². The summed E-state index contributed by atoms with van der Waals surface area (Å²) >= 11 is 0. The van der Waals surface area contributed by atoms with E-state index in [0.717, 1.165) is 29.7 Å². The number of likely N-dealkylation sites (tertiary alicyclic amines) is 1. The molecule has 1 aliphatic rings. The van der Waals surface area contributed by atoms with E-state index in [2.05, 4.69) is 15.3 Å². The Hall–Kier alpha value is -3.42. The first-order valence-electron chi connectivity index (χ1n) is 9.32. The van der Waals surface area contributed by atoms with Gasteiger partial charge < -0.3 is 15.2 Å². The Bertz CT molecular complexity index is 1010. The average molecular weight is 379 g/mol. The van der Waals surface area contributed by atoms with Crippen LogP contribution in [0.3, 0.4) is 0 Å². The number of aromatic amines is 1. The van der Waals surface area contributed by atoms with Gasteiger partial charge in [-0.25, -0.2) is 4.98 Å². The number of H-pyrrole nitrogens is 1. The van der Waals surface area contributed by atoms with E-state index in [1.165, 1.54) is 6.07 Å². The number of nitro benzene ring substituents is 1. The summed E-state index contributed by atoms with van der Waals surface area (Å²) in [4.78, 5) is 33.2. The number of anilines is 1. The van der Waals surface area contributed by atoms with Crippen LogP contribution in [0.25, 0.3) is 11.0 Å². The quantitative estimate of drug-likeness (QED) is 0.517. The maximum Gasteiger partial charge on any atom is 0.282 e. The van der Waals surface area contributed by atoms with E-state index < -0.39 is 4.92 Å². The topological polar surface area (TPSA) is 104 Å². The molecule has 8 heteroatoms. The Labute approximate surface area is 161 Å². The molecule has 4 rings (SSSR count). The third-order valence-electron chi connectivity index (χ3n) is 5.02. The SMILES string of the molecule is CC(Nc1ccc([N+](=O)[O-])c(C(=O)N2CCCC2)c1)c1nc2ccccc2[nH]1. The summed E-state index contributed by atoms with van der Waals surface area (Å²) in [5.74, 6) is 0.469. The summed E-state index contributed by atoms with van der Waals surface area (Å²) < 4.78 is 0. The lowest BCUT2D eigenvalue weighted by Gasteiger charge is -2.17. The Balaban J connectivity index is 1.61. The fourth-order valence-corrected chi connectivity index (χ4v) is 3.54. The second-order valence-corrected chi connectivity index (χ2v) is 6.99. The summed E-state index contributed by atoms with van der Waals surface area (Å²) in [6, 6.07) is 12.2. The van der Waals surface area contributed by atoms with Gasteiger partial charge in [0.1, 0.15) is 11.4 Å². The van der Waals surface area contributed by atoms with E-state index >= 15 is 0 Å². The smallest absolute Gasteiger partial charge is 0.282 e. The van der Waals surface area contributed by atoms with Gasteiger partial charge in [0.2, 0.25) is 0 Å². The Kier molecular flexibility index (Phi) is 4.68. The highest BCUT2D eigenvalue weighted by Gasteiger charge is 2.27. The van der Waals surface area contributed by atoms with Crippen LogP contribution >= 0.6 is 0 Å². The molecule has 1 amide bonds. The van der Waals surface area contributed by atoms with Gasteiger partial charge in [0.15, 0.2) is 0 Å². The normalized spacial score (nSPS) is 15.0. The summed E-state index contributed by atoms with van der Waals surface area (Å²) in [5, 5.41) is 14.7. The zero-order valence-corrected chi connectivity index (χ0v) is 15.5. The first kappa shape index (κ1) is 18.0. The molecule has 0 saturated carbocycles. The minimum absolute atomic E-state index is 0.119. The van der Waals surface area contributed by atoms with Crippen molar-refractivity contribution in [3.63, 3.8) is 0 Å². The van der Waals surface area contributed by atoms with Crippen molar-refractivity contribution in [2.24, 2.45) is 0 Å². The van der Waals surface area contributed by atoms with E-state index in [1.54, 1.807) is 17.0 Å². The first-order chi connectivity index (χ1) is 13.5. The van der Waals surface area contributed by atoms with Crippen molar-refractivity contribution in [2.45, 2.75) is 25.8 Å². The predicted octanol–water partition coefficient (Wildman–Crippen LogP) is 3.88. The van der Waals surface area contributed by atoms with Crippen LogP contribution < -0.4 is 5.32 Å². The molecule has 0 aliphatic carbocycles. The predicted molar refractivity (Wildman–Crippen MR) is 106 cm³/mol. The molecule has 1 fully saturated rings. The number of para-hydroxylation sites is 2. The molecule has 8 nitrogen and oxygen atoms in total. The number of nitrogens with zero attached hydrogens (tertiary/aromatic N) is 3. The van der Waals surface area contributed by atoms with Crippen LogP contribution in [0.1, 0.15) is 42.0 Å². The zero-order valence-electron chi connectivity index (χ0n) is 15.5. The lowest BCUT2D eigenvalue weighted by Crippen LogP contribution is -2.28. The highest BCUT2D eigenvalue weighted by atomic mass is 16.6. The number of hydrogen-bond donors (Lipinski definition) is 2. The van der Waals surface area contributed by atoms with Gasteiger partial charge in [-0.1, -0.05) is 12.1 Å². The maximum absolute atomic E-state index is 12.8. The summed E-state index contributed by atoms with van der Waals surface area (Å²) in [7, 11) is 0. The molecule has 1 aromatic heterocycles. The fourth-order valence-electron chi connectivity index (χ4n) is 3.54. The van der Waals surface area contributed by atoms with Gasteiger partial charge in [0.25, 0.3) is 11.6 Å². The number of nitrogens with one attached hydrogen (secondary N) is 2. The van der Waals surface area contributed by atoms with Crippen molar-refractivity contribution in [3.05, 3.63) is 64.0 Å². The number of aromatic nitrogens is 2. The van der Waals surface area contributed by atoms with Crippen LogP contribution in [0.2, 0.25) is 0 Å². The van der Waals surface area contributed by atoms with Crippen molar-refractivity contribution < 1.29 is 9.72 Å². The highest BCUT2D eigenvalue weighted by Crippen LogP contribution is 2.28. The molecular weight excluding hydrogens is 358 g/mol. The second-order valence-electron chi connectivity index (χ2n) is 6.99. The third-order valence-corrected chi connectivity index (χ3v) is 5.02. The highest BCUT2D eigenvalue weighted by molar-refractivity contribution is 5.99. The molecule has 1 aliphatic heterocycles. The number of carbonyl (C=O) groups excluding carboxylic acids is 1. The molecule has 1 saturated heterocycles. The monoisotopic (exact) mass is 379 g/mol. The molecule has 0 bridgehead atoms. The lowest BCUT2D eigenvalue weighted by molar-refractivity contribution is -0.385. The van der Waals surface area contributed by atoms with Crippen LogP contribution in [0.5, 0.6) is 0 Å². The van der Waals surface area contributed by atoms with Crippen LogP contribution in [0, 0.1) is 10.1 Å². The van der Waals surface area contributed by atoms with Gasteiger partial charge >= 0.3 is 0 Å². The number of imidazole rings is 1. The molecular formula is C20H21N5O3. The molecule has 1 atom stereocenters. The van der Waals surface area contributed by atoms with Crippen molar-refractivity contribution in [3.8, 4) is 0 Å². The standard InChI is InChI=1S/C20H21N5O3/c1-13(19-22-16-6-2-3-7-17(16)23-19)21-14-8-9-18(25(27)28)15(12-14)20(26)24-10-4-5-11-24/h2-3,6-9,12-13,21H,4-5,10-11H2,1H3,(H,22,23).